The van der Waals surface area contributed by atoms with E-state index in [2.05, 4.69) is 60.1 Å². The first-order valence-electron chi connectivity index (χ1n) is 15.1. The molecule has 0 bridgehead atoms. The summed E-state index contributed by atoms with van der Waals surface area (Å²) in [4.78, 5) is 33.5. The van der Waals surface area contributed by atoms with E-state index in [1.807, 2.05) is 0 Å². The van der Waals surface area contributed by atoms with Crippen LogP contribution in [-0.2, 0) is 32.7 Å². The molecule has 242 valence electrons. The standard InChI is InChI=1S/C31H53O10P/c1-3-5-6-7-8-9-10-11-12-13-14-15-16-17-18-19-20-21-22-23-31(35)41-29(26-38-30(34)4-2)27-40-42(36,37)39-25-28(33)24-32/h5-6,8-9,11-12,14-15,28-29,32-33H,3-4,7,10,13,16-27H2,1-2H3,(H,36,37)/b6-5-,9-8-,12-11-,15-14-. The molecule has 0 aliphatic rings. The van der Waals surface area contributed by atoms with Gasteiger partial charge in [-0.1, -0.05) is 88.1 Å². The average molecular weight is 617 g/mol. The lowest BCUT2D eigenvalue weighted by Gasteiger charge is -2.20. The molecule has 0 aliphatic carbocycles. The van der Waals surface area contributed by atoms with Gasteiger partial charge in [-0.3, -0.25) is 18.6 Å². The third-order valence-electron chi connectivity index (χ3n) is 5.80. The number of ether oxygens (including phenoxy) is 2. The summed E-state index contributed by atoms with van der Waals surface area (Å²) in [6, 6.07) is 0. The Morgan fingerprint density at radius 1 is 0.738 bits per heavy atom. The van der Waals surface area contributed by atoms with Crippen LogP contribution in [0.25, 0.3) is 0 Å². The summed E-state index contributed by atoms with van der Waals surface area (Å²) in [5.74, 6) is -1.05. The van der Waals surface area contributed by atoms with Crippen molar-refractivity contribution in [1.29, 1.82) is 0 Å². The van der Waals surface area contributed by atoms with Crippen LogP contribution in [0.5, 0.6) is 0 Å². The summed E-state index contributed by atoms with van der Waals surface area (Å²) in [7, 11) is -4.58. The number of rotatable bonds is 27. The monoisotopic (exact) mass is 616 g/mol. The Morgan fingerprint density at radius 2 is 1.29 bits per heavy atom. The fourth-order valence-corrected chi connectivity index (χ4v) is 4.22. The maximum atomic E-state index is 12.3. The lowest BCUT2D eigenvalue weighted by atomic mass is 10.1. The molecule has 11 heteroatoms. The number of carbonyl (C=O) groups is 2. The number of hydrogen-bond donors (Lipinski definition) is 3. The summed E-state index contributed by atoms with van der Waals surface area (Å²) in [5, 5.41) is 18.0. The van der Waals surface area contributed by atoms with Crippen LogP contribution < -0.4 is 0 Å². The number of hydrogen-bond acceptors (Lipinski definition) is 9. The van der Waals surface area contributed by atoms with Gasteiger partial charge in [-0.25, -0.2) is 4.57 Å². The molecule has 0 saturated heterocycles. The van der Waals surface area contributed by atoms with Crippen LogP contribution in [0.1, 0.15) is 97.3 Å². The normalized spacial score (nSPS) is 15.1. The highest BCUT2D eigenvalue weighted by molar-refractivity contribution is 7.47. The van der Waals surface area contributed by atoms with Crippen LogP contribution in [0.4, 0.5) is 0 Å². The predicted molar refractivity (Wildman–Crippen MR) is 164 cm³/mol. The Bertz CT molecular complexity index is 853. The SMILES string of the molecule is CC/C=C\C/C=C\C/C=C\C/C=C\CCCCCCCCC(=O)OC(COC(=O)CC)COP(=O)(O)OCC(O)CO. The topological polar surface area (TPSA) is 149 Å². The highest BCUT2D eigenvalue weighted by Crippen LogP contribution is 2.43. The van der Waals surface area contributed by atoms with Crippen molar-refractivity contribution < 1.29 is 47.8 Å². The van der Waals surface area contributed by atoms with E-state index in [-0.39, 0.29) is 19.4 Å². The van der Waals surface area contributed by atoms with E-state index >= 15 is 0 Å². The molecule has 0 rings (SSSR count). The first-order valence-corrected chi connectivity index (χ1v) is 16.6. The minimum atomic E-state index is -4.58. The van der Waals surface area contributed by atoms with Gasteiger partial charge in [0.2, 0.25) is 0 Å². The van der Waals surface area contributed by atoms with Gasteiger partial charge in [0.05, 0.1) is 19.8 Å². The first kappa shape index (κ1) is 39.9. The number of aliphatic hydroxyl groups excluding tert-OH is 2. The molecule has 3 N–H and O–H groups in total. The molecule has 0 spiro atoms. The van der Waals surface area contributed by atoms with Gasteiger partial charge in [0.1, 0.15) is 12.7 Å². The number of phosphoric ester groups is 1. The molecule has 10 nitrogen and oxygen atoms in total. The second kappa shape index (κ2) is 27.7. The molecule has 0 amide bonds. The summed E-state index contributed by atoms with van der Waals surface area (Å²) < 4.78 is 31.6. The van der Waals surface area contributed by atoms with E-state index in [9.17, 15) is 24.2 Å². The summed E-state index contributed by atoms with van der Waals surface area (Å²) in [6.07, 6.45) is 26.3. The average Bonchev–Trinajstić information content (AvgIpc) is 2.98. The molecular formula is C31H53O10P. The minimum Gasteiger partial charge on any atom is -0.462 e. The van der Waals surface area contributed by atoms with Crippen molar-refractivity contribution in [2.75, 3.05) is 26.4 Å². The number of phosphoric acid groups is 1. The second-order valence-corrected chi connectivity index (χ2v) is 11.2. The Labute approximate surface area is 252 Å². The number of allylic oxidation sites excluding steroid dienone is 8. The largest absolute Gasteiger partial charge is 0.472 e. The molecule has 0 saturated carbocycles. The van der Waals surface area contributed by atoms with E-state index in [4.69, 9.17) is 19.1 Å². The Kier molecular flexibility index (Phi) is 26.4. The summed E-state index contributed by atoms with van der Waals surface area (Å²) in [5.41, 5.74) is 0. The predicted octanol–water partition coefficient (Wildman–Crippen LogP) is 6.26. The summed E-state index contributed by atoms with van der Waals surface area (Å²) in [6.45, 7) is 1.58. The van der Waals surface area contributed by atoms with Gasteiger partial charge < -0.3 is 24.6 Å². The summed E-state index contributed by atoms with van der Waals surface area (Å²) >= 11 is 0. The van der Waals surface area contributed by atoms with Gasteiger partial charge in [-0.05, 0) is 44.9 Å². The van der Waals surface area contributed by atoms with Gasteiger partial charge in [-0.2, -0.15) is 0 Å². The minimum absolute atomic E-state index is 0.117. The van der Waals surface area contributed by atoms with Gasteiger partial charge in [0, 0.05) is 12.8 Å². The van der Waals surface area contributed by atoms with Gasteiger partial charge in [-0.15, -0.1) is 0 Å². The van der Waals surface area contributed by atoms with Crippen molar-refractivity contribution in [3.63, 3.8) is 0 Å². The quantitative estimate of drug-likeness (QED) is 0.0418. The van der Waals surface area contributed by atoms with E-state index in [0.29, 0.717) is 6.42 Å². The fourth-order valence-electron chi connectivity index (χ4n) is 3.43. The van der Waals surface area contributed by atoms with Crippen molar-refractivity contribution in [2.45, 2.75) is 110 Å². The molecule has 0 aromatic carbocycles. The second-order valence-electron chi connectivity index (χ2n) is 9.71. The maximum absolute atomic E-state index is 12.3. The number of aliphatic hydroxyl groups is 2. The fraction of sp³-hybridized carbons (Fsp3) is 0.677. The highest BCUT2D eigenvalue weighted by atomic mass is 31.2. The van der Waals surface area contributed by atoms with Crippen molar-refractivity contribution in [3.8, 4) is 0 Å². The van der Waals surface area contributed by atoms with Crippen molar-refractivity contribution in [1.82, 2.24) is 0 Å². The van der Waals surface area contributed by atoms with Crippen LogP contribution in [0, 0.1) is 0 Å². The van der Waals surface area contributed by atoms with E-state index in [1.54, 1.807) is 6.92 Å². The molecule has 0 heterocycles. The number of carbonyl (C=O) groups excluding carboxylic acids is 2. The molecule has 42 heavy (non-hydrogen) atoms. The smallest absolute Gasteiger partial charge is 0.462 e. The van der Waals surface area contributed by atoms with Crippen LogP contribution >= 0.6 is 7.82 Å². The van der Waals surface area contributed by atoms with Crippen molar-refractivity contribution >= 4 is 19.8 Å². The highest BCUT2D eigenvalue weighted by Gasteiger charge is 2.27. The third kappa shape index (κ3) is 26.8. The van der Waals surface area contributed by atoms with Crippen LogP contribution in [0.15, 0.2) is 48.6 Å². The van der Waals surface area contributed by atoms with E-state index < -0.39 is 51.8 Å². The molecule has 0 aromatic heterocycles. The molecular weight excluding hydrogens is 563 g/mol. The van der Waals surface area contributed by atoms with E-state index in [0.717, 1.165) is 64.2 Å². The van der Waals surface area contributed by atoms with Gasteiger partial charge in [0.25, 0.3) is 0 Å². The molecule has 3 atom stereocenters. The molecule has 0 fully saturated rings. The molecule has 3 unspecified atom stereocenters. The van der Waals surface area contributed by atoms with Crippen LogP contribution in [0.3, 0.4) is 0 Å². The van der Waals surface area contributed by atoms with E-state index in [1.165, 1.54) is 0 Å². The Morgan fingerprint density at radius 3 is 1.88 bits per heavy atom. The Hall–Kier alpha value is -2.07. The third-order valence-corrected chi connectivity index (χ3v) is 6.75. The number of esters is 2. The van der Waals surface area contributed by atoms with Gasteiger partial charge >= 0.3 is 19.8 Å². The molecule has 0 aromatic rings. The molecule has 0 radical (unpaired) electrons. The lowest BCUT2D eigenvalue weighted by molar-refractivity contribution is -0.161. The number of unbranched alkanes of at least 4 members (excludes halogenated alkanes) is 6. The van der Waals surface area contributed by atoms with Crippen molar-refractivity contribution in [3.05, 3.63) is 48.6 Å². The van der Waals surface area contributed by atoms with Crippen molar-refractivity contribution in [2.24, 2.45) is 0 Å². The first-order chi connectivity index (χ1) is 20.2. The lowest BCUT2D eigenvalue weighted by Crippen LogP contribution is -2.29. The zero-order chi connectivity index (χ0) is 31.3. The zero-order valence-electron chi connectivity index (χ0n) is 25.4. The van der Waals surface area contributed by atoms with Crippen LogP contribution in [0.2, 0.25) is 0 Å². The van der Waals surface area contributed by atoms with Gasteiger partial charge in [0.15, 0.2) is 6.10 Å². The maximum Gasteiger partial charge on any atom is 0.472 e. The molecule has 0 aliphatic heterocycles. The van der Waals surface area contributed by atoms with Crippen LogP contribution in [-0.4, -0.2) is 65.7 Å². The zero-order valence-corrected chi connectivity index (χ0v) is 26.3. The Balaban J connectivity index is 4.07.